The Bertz CT molecular complexity index is 1460. The van der Waals surface area contributed by atoms with Crippen LogP contribution in [-0.2, 0) is 22.4 Å². The lowest BCUT2D eigenvalue weighted by atomic mass is 9.85. The summed E-state index contributed by atoms with van der Waals surface area (Å²) in [7, 11) is 0. The average Bonchev–Trinajstić information content (AvgIpc) is 3.25. The van der Waals surface area contributed by atoms with Crippen LogP contribution in [0, 0.1) is 10.1 Å². The Kier molecular flexibility index (Phi) is 4.88. The molecule has 8 nitrogen and oxygen atoms in total. The number of nitrogens with one attached hydrogen (secondary N) is 2. The predicted octanol–water partition coefficient (Wildman–Crippen LogP) is 3.66. The molecule has 35 heavy (non-hydrogen) atoms. The predicted molar refractivity (Wildman–Crippen MR) is 130 cm³/mol. The number of benzene rings is 3. The lowest BCUT2D eigenvalue weighted by Gasteiger charge is -2.46. The van der Waals surface area contributed by atoms with Crippen LogP contribution in [0.15, 0.2) is 78.9 Å². The Labute approximate surface area is 200 Å². The van der Waals surface area contributed by atoms with Crippen molar-refractivity contribution in [2.24, 2.45) is 0 Å². The summed E-state index contributed by atoms with van der Waals surface area (Å²) in [5.74, 6) is -0.348. The van der Waals surface area contributed by atoms with E-state index in [0.717, 1.165) is 33.3 Å². The van der Waals surface area contributed by atoms with Crippen LogP contribution < -0.4 is 5.32 Å². The van der Waals surface area contributed by atoms with Gasteiger partial charge in [0.2, 0.25) is 11.8 Å². The van der Waals surface area contributed by atoms with Crippen LogP contribution in [0.5, 0.6) is 0 Å². The van der Waals surface area contributed by atoms with Crippen LogP contribution >= 0.6 is 0 Å². The van der Waals surface area contributed by atoms with Crippen LogP contribution in [-0.4, -0.2) is 38.7 Å². The Morgan fingerprint density at radius 1 is 0.943 bits per heavy atom. The van der Waals surface area contributed by atoms with E-state index in [1.165, 1.54) is 12.1 Å². The van der Waals surface area contributed by atoms with Gasteiger partial charge in [-0.1, -0.05) is 48.5 Å². The highest BCUT2D eigenvalue weighted by molar-refractivity contribution is 5.99. The quantitative estimate of drug-likeness (QED) is 0.353. The SMILES string of the molecule is O=C1N[C@@H](Cc2ccccc2)C(=O)N2C(c3ccc([N+](=O)[O-])cc3)c3[nH]c4ccccc4c3C[C@@H]12. The van der Waals surface area contributed by atoms with E-state index in [1.807, 2.05) is 54.6 Å². The highest BCUT2D eigenvalue weighted by atomic mass is 16.6. The van der Waals surface area contributed by atoms with Crippen molar-refractivity contribution in [2.75, 3.05) is 0 Å². The number of aromatic nitrogens is 1. The molecule has 0 radical (unpaired) electrons. The van der Waals surface area contributed by atoms with Gasteiger partial charge in [-0.3, -0.25) is 19.7 Å². The number of nitro groups is 1. The monoisotopic (exact) mass is 466 g/mol. The zero-order chi connectivity index (χ0) is 24.1. The van der Waals surface area contributed by atoms with E-state index in [1.54, 1.807) is 17.0 Å². The van der Waals surface area contributed by atoms with Gasteiger partial charge in [0.15, 0.2) is 0 Å². The number of nitrogens with zero attached hydrogens (tertiary/aromatic N) is 2. The highest BCUT2D eigenvalue weighted by Gasteiger charge is 2.49. The molecule has 6 rings (SSSR count). The largest absolute Gasteiger partial charge is 0.356 e. The van der Waals surface area contributed by atoms with Gasteiger partial charge in [0.25, 0.3) is 5.69 Å². The summed E-state index contributed by atoms with van der Waals surface area (Å²) in [6.45, 7) is 0. The first-order valence-electron chi connectivity index (χ1n) is 11.5. The van der Waals surface area contributed by atoms with Crippen LogP contribution in [0.2, 0.25) is 0 Å². The number of aromatic amines is 1. The van der Waals surface area contributed by atoms with Crippen molar-refractivity contribution >= 4 is 28.4 Å². The first-order valence-corrected chi connectivity index (χ1v) is 11.5. The van der Waals surface area contributed by atoms with E-state index < -0.39 is 23.0 Å². The molecule has 2 N–H and O–H groups in total. The number of rotatable bonds is 4. The minimum Gasteiger partial charge on any atom is -0.356 e. The van der Waals surface area contributed by atoms with Crippen molar-refractivity contribution in [2.45, 2.75) is 31.0 Å². The number of nitro benzene ring substituents is 1. The van der Waals surface area contributed by atoms with Crippen molar-refractivity contribution in [3.63, 3.8) is 0 Å². The van der Waals surface area contributed by atoms with Gasteiger partial charge in [-0.15, -0.1) is 0 Å². The number of carbonyl (C=O) groups excluding carboxylic acids is 2. The van der Waals surface area contributed by atoms with E-state index in [-0.39, 0.29) is 17.5 Å². The number of non-ortho nitro benzene ring substituents is 1. The van der Waals surface area contributed by atoms with Gasteiger partial charge >= 0.3 is 0 Å². The molecule has 174 valence electrons. The Morgan fingerprint density at radius 3 is 2.40 bits per heavy atom. The molecule has 1 unspecified atom stereocenters. The van der Waals surface area contributed by atoms with Gasteiger partial charge in [0, 0.05) is 41.6 Å². The minimum atomic E-state index is -0.687. The molecule has 3 heterocycles. The van der Waals surface area contributed by atoms with Crippen molar-refractivity contribution < 1.29 is 14.5 Å². The maximum Gasteiger partial charge on any atom is 0.269 e. The summed E-state index contributed by atoms with van der Waals surface area (Å²) in [5.41, 5.74) is 4.42. The number of fused-ring (bicyclic) bond motifs is 4. The Balaban J connectivity index is 1.48. The second kappa shape index (κ2) is 8.09. The van der Waals surface area contributed by atoms with Gasteiger partial charge in [-0.2, -0.15) is 0 Å². The lowest BCUT2D eigenvalue weighted by Crippen LogP contribution is -2.66. The number of hydrogen-bond donors (Lipinski definition) is 2. The second-order valence-corrected chi connectivity index (χ2v) is 9.03. The van der Waals surface area contributed by atoms with Crippen molar-refractivity contribution in [1.29, 1.82) is 0 Å². The number of para-hydroxylation sites is 1. The zero-order valence-corrected chi connectivity index (χ0v) is 18.7. The van der Waals surface area contributed by atoms with Gasteiger partial charge in [-0.25, -0.2) is 0 Å². The summed E-state index contributed by atoms with van der Waals surface area (Å²) >= 11 is 0. The van der Waals surface area contributed by atoms with E-state index >= 15 is 0 Å². The lowest BCUT2D eigenvalue weighted by molar-refractivity contribution is -0.384. The first-order chi connectivity index (χ1) is 17.0. The molecular formula is C27H22N4O4. The third kappa shape index (κ3) is 3.45. The highest BCUT2D eigenvalue weighted by Crippen LogP contribution is 2.42. The summed E-state index contributed by atoms with van der Waals surface area (Å²) in [4.78, 5) is 43.2. The molecule has 1 fully saturated rings. The molecule has 1 saturated heterocycles. The molecule has 2 aliphatic heterocycles. The van der Waals surface area contributed by atoms with Crippen LogP contribution in [0.1, 0.15) is 28.4 Å². The van der Waals surface area contributed by atoms with Crippen LogP contribution in [0.4, 0.5) is 5.69 Å². The third-order valence-electron chi connectivity index (χ3n) is 7.01. The fourth-order valence-corrected chi connectivity index (χ4v) is 5.39. The summed E-state index contributed by atoms with van der Waals surface area (Å²) < 4.78 is 0. The van der Waals surface area contributed by atoms with Crippen LogP contribution in [0.3, 0.4) is 0 Å². The van der Waals surface area contributed by atoms with E-state index in [0.29, 0.717) is 12.8 Å². The number of carbonyl (C=O) groups is 2. The Hall–Kier alpha value is -4.46. The fourth-order valence-electron chi connectivity index (χ4n) is 5.39. The maximum absolute atomic E-state index is 13.9. The second-order valence-electron chi connectivity index (χ2n) is 9.03. The third-order valence-corrected chi connectivity index (χ3v) is 7.01. The van der Waals surface area contributed by atoms with Crippen molar-refractivity contribution in [1.82, 2.24) is 15.2 Å². The van der Waals surface area contributed by atoms with E-state index in [9.17, 15) is 19.7 Å². The number of H-pyrrole nitrogens is 1. The molecule has 8 heteroatoms. The first kappa shape index (κ1) is 21.1. The van der Waals surface area contributed by atoms with Gasteiger partial charge in [0.1, 0.15) is 12.1 Å². The minimum absolute atomic E-state index is 0.0253. The van der Waals surface area contributed by atoms with Crippen molar-refractivity contribution in [3.05, 3.63) is 111 Å². The van der Waals surface area contributed by atoms with Gasteiger partial charge < -0.3 is 15.2 Å². The molecule has 3 aromatic carbocycles. The summed E-state index contributed by atoms with van der Waals surface area (Å²) in [6.07, 6.45) is 0.791. The molecule has 0 saturated carbocycles. The number of hydrogen-bond acceptors (Lipinski definition) is 4. The molecule has 0 bridgehead atoms. The topological polar surface area (TPSA) is 108 Å². The standard InChI is InChI=1S/C27H22N4O4/c32-26-23-15-20-19-8-4-5-9-21(19)28-24(20)25(17-10-12-18(13-11-17)31(34)35)30(23)27(33)22(29-26)14-16-6-2-1-3-7-16/h1-13,22-23,25,28H,14-15H2,(H,29,32)/t22-,23-,25?/m0/s1. The number of amides is 2. The number of piperazine rings is 1. The molecule has 4 aromatic rings. The molecule has 0 spiro atoms. The molecular weight excluding hydrogens is 444 g/mol. The molecule has 2 aliphatic rings. The summed E-state index contributed by atoms with van der Waals surface area (Å²) in [6, 6.07) is 21.8. The molecule has 0 aliphatic carbocycles. The zero-order valence-electron chi connectivity index (χ0n) is 18.7. The molecule has 2 amide bonds. The van der Waals surface area contributed by atoms with Crippen molar-refractivity contribution in [3.8, 4) is 0 Å². The van der Waals surface area contributed by atoms with E-state index in [4.69, 9.17) is 0 Å². The summed E-state index contributed by atoms with van der Waals surface area (Å²) in [5, 5.41) is 15.2. The normalized spacial score (nSPS) is 21.4. The smallest absolute Gasteiger partial charge is 0.269 e. The molecule has 3 atom stereocenters. The van der Waals surface area contributed by atoms with Crippen LogP contribution in [0.25, 0.3) is 10.9 Å². The fraction of sp³-hybridized carbons (Fsp3) is 0.185. The molecule has 1 aromatic heterocycles. The van der Waals surface area contributed by atoms with E-state index in [2.05, 4.69) is 10.3 Å². The average molecular weight is 466 g/mol. The Morgan fingerprint density at radius 2 is 1.66 bits per heavy atom. The maximum atomic E-state index is 13.9. The van der Waals surface area contributed by atoms with Gasteiger partial charge in [-0.05, 0) is 34.9 Å². The van der Waals surface area contributed by atoms with Gasteiger partial charge in [0.05, 0.1) is 11.0 Å².